The van der Waals surface area contributed by atoms with Gasteiger partial charge in [0.25, 0.3) is 11.8 Å². The number of carboxylic acid groups (broad SMARTS) is 1. The van der Waals surface area contributed by atoms with E-state index in [-0.39, 0.29) is 49.1 Å². The molecule has 43 heavy (non-hydrogen) atoms. The number of hydrogen-bond acceptors (Lipinski definition) is 7. The number of carboxylic acids is 1. The quantitative estimate of drug-likeness (QED) is 0.440. The van der Waals surface area contributed by atoms with Crippen LogP contribution in [0.25, 0.3) is 0 Å². The lowest BCUT2D eigenvalue weighted by Crippen LogP contribution is -2.54. The third-order valence-electron chi connectivity index (χ3n) is 8.52. The van der Waals surface area contributed by atoms with Crippen LogP contribution in [0.1, 0.15) is 66.0 Å². The Morgan fingerprint density at radius 1 is 0.860 bits per heavy atom. The summed E-state index contributed by atoms with van der Waals surface area (Å²) in [7, 11) is 1.27. The molecule has 5 rings (SSSR count). The standard InChI is InChI=1S/C32H37N3O8/c1-17(2)26(34-14-19-8-6-7-9-23(19)28(34)36)30(38)33-16-22(13-25(33)32(41)42-5)43-21-10-11-24-20(12-21)15-35(29(24)37)27(18(3)4)31(39)40/h6-12,17-18,22,25-27H,13-16H2,1-5H3,(H,39,40)/t22-,25+,26+,27+/m1/s1. The molecule has 0 radical (unpaired) electrons. The third-order valence-corrected chi connectivity index (χ3v) is 8.52. The number of likely N-dealkylation sites (tertiary alicyclic amines) is 1. The van der Waals surface area contributed by atoms with E-state index >= 15 is 0 Å². The number of benzene rings is 2. The van der Waals surface area contributed by atoms with Crippen LogP contribution in [0.4, 0.5) is 0 Å². The van der Waals surface area contributed by atoms with Gasteiger partial charge in [-0.15, -0.1) is 0 Å². The van der Waals surface area contributed by atoms with Gasteiger partial charge in [-0.25, -0.2) is 9.59 Å². The summed E-state index contributed by atoms with van der Waals surface area (Å²) in [5, 5.41) is 9.70. The smallest absolute Gasteiger partial charge is 0.328 e. The van der Waals surface area contributed by atoms with E-state index in [1.165, 1.54) is 16.9 Å². The van der Waals surface area contributed by atoms with Gasteiger partial charge < -0.3 is 29.3 Å². The maximum atomic E-state index is 14.1. The molecule has 0 unspecified atom stereocenters. The van der Waals surface area contributed by atoms with Crippen LogP contribution in [0.15, 0.2) is 42.5 Å². The molecule has 0 bridgehead atoms. The fourth-order valence-corrected chi connectivity index (χ4v) is 6.52. The van der Waals surface area contributed by atoms with Crippen LogP contribution in [0.2, 0.25) is 0 Å². The first kappa shape index (κ1) is 30.1. The number of amides is 3. The van der Waals surface area contributed by atoms with Gasteiger partial charge in [0, 0.05) is 30.6 Å². The maximum absolute atomic E-state index is 14.1. The molecule has 3 aliphatic heterocycles. The van der Waals surface area contributed by atoms with Gasteiger partial charge in [0.1, 0.15) is 30.0 Å². The molecule has 0 saturated carbocycles. The number of esters is 1. The minimum atomic E-state index is -1.06. The van der Waals surface area contributed by atoms with Gasteiger partial charge in [-0.1, -0.05) is 45.9 Å². The van der Waals surface area contributed by atoms with Crippen LogP contribution in [0, 0.1) is 11.8 Å². The molecule has 0 aromatic heterocycles. The average Bonchev–Trinajstić information content (AvgIpc) is 3.62. The highest BCUT2D eigenvalue weighted by Crippen LogP contribution is 2.34. The molecule has 2 aromatic carbocycles. The predicted octanol–water partition coefficient (Wildman–Crippen LogP) is 2.95. The van der Waals surface area contributed by atoms with Crippen LogP contribution < -0.4 is 4.74 Å². The van der Waals surface area contributed by atoms with E-state index in [0.29, 0.717) is 29.0 Å². The minimum Gasteiger partial charge on any atom is -0.488 e. The summed E-state index contributed by atoms with van der Waals surface area (Å²) in [6.07, 6.45) is -0.366. The number of carbonyl (C=O) groups is 5. The topological polar surface area (TPSA) is 134 Å². The second kappa shape index (κ2) is 11.7. The van der Waals surface area contributed by atoms with Gasteiger partial charge in [-0.05, 0) is 47.2 Å². The summed E-state index contributed by atoms with van der Waals surface area (Å²) >= 11 is 0. The fourth-order valence-electron chi connectivity index (χ4n) is 6.52. The molecule has 3 heterocycles. The van der Waals surface area contributed by atoms with E-state index in [1.807, 2.05) is 26.0 Å². The van der Waals surface area contributed by atoms with Gasteiger partial charge in [0.05, 0.1) is 13.7 Å². The van der Waals surface area contributed by atoms with Crippen molar-refractivity contribution < 1.29 is 38.6 Å². The van der Waals surface area contributed by atoms with E-state index in [2.05, 4.69) is 0 Å². The van der Waals surface area contributed by atoms with Gasteiger partial charge in [0.15, 0.2) is 0 Å². The number of aliphatic carboxylic acids is 1. The van der Waals surface area contributed by atoms with Crippen LogP contribution in [0.3, 0.4) is 0 Å². The molecule has 4 atom stereocenters. The fraction of sp³-hybridized carbons (Fsp3) is 0.469. The monoisotopic (exact) mass is 591 g/mol. The normalized spacial score (nSPS) is 20.9. The Morgan fingerprint density at radius 2 is 1.47 bits per heavy atom. The van der Waals surface area contributed by atoms with E-state index in [4.69, 9.17) is 9.47 Å². The molecule has 1 N–H and O–H groups in total. The second-order valence-corrected chi connectivity index (χ2v) is 12.1. The van der Waals surface area contributed by atoms with Crippen LogP contribution in [0.5, 0.6) is 5.75 Å². The molecule has 11 nitrogen and oxygen atoms in total. The van der Waals surface area contributed by atoms with Gasteiger partial charge in [-0.3, -0.25) is 14.4 Å². The van der Waals surface area contributed by atoms with Gasteiger partial charge in [-0.2, -0.15) is 0 Å². The Hall–Kier alpha value is -4.41. The number of methoxy groups -OCH3 is 1. The lowest BCUT2D eigenvalue weighted by Gasteiger charge is -2.34. The molecule has 228 valence electrons. The summed E-state index contributed by atoms with van der Waals surface area (Å²) in [6.45, 7) is 7.83. The number of hydrogen-bond donors (Lipinski definition) is 1. The number of fused-ring (bicyclic) bond motifs is 2. The van der Waals surface area contributed by atoms with Crippen molar-refractivity contribution in [3.05, 3.63) is 64.7 Å². The Morgan fingerprint density at radius 3 is 2.07 bits per heavy atom. The van der Waals surface area contributed by atoms with Crippen LogP contribution >= 0.6 is 0 Å². The van der Waals surface area contributed by atoms with Crippen molar-refractivity contribution in [2.75, 3.05) is 13.7 Å². The highest BCUT2D eigenvalue weighted by molar-refractivity contribution is 6.02. The van der Waals surface area contributed by atoms with Crippen molar-refractivity contribution in [1.82, 2.24) is 14.7 Å². The molecule has 1 saturated heterocycles. The molecule has 3 amide bonds. The van der Waals surface area contributed by atoms with E-state index < -0.39 is 36.2 Å². The van der Waals surface area contributed by atoms with E-state index in [1.54, 1.807) is 49.1 Å². The van der Waals surface area contributed by atoms with Crippen molar-refractivity contribution in [1.29, 1.82) is 0 Å². The van der Waals surface area contributed by atoms with Crippen molar-refractivity contribution >= 4 is 29.7 Å². The summed E-state index contributed by atoms with van der Waals surface area (Å²) in [5.74, 6) is -2.58. The number of nitrogens with zero attached hydrogens (tertiary/aromatic N) is 3. The average molecular weight is 592 g/mol. The third kappa shape index (κ3) is 5.44. The molecule has 0 spiro atoms. The lowest BCUT2D eigenvalue weighted by atomic mass is 10.0. The van der Waals surface area contributed by atoms with E-state index in [0.717, 1.165) is 5.56 Å². The van der Waals surface area contributed by atoms with Crippen molar-refractivity contribution in [3.8, 4) is 5.75 Å². The first-order valence-electron chi connectivity index (χ1n) is 14.5. The van der Waals surface area contributed by atoms with Crippen molar-refractivity contribution in [2.24, 2.45) is 11.8 Å². The molecule has 0 aliphatic carbocycles. The predicted molar refractivity (Wildman–Crippen MR) is 154 cm³/mol. The Balaban J connectivity index is 1.34. The summed E-state index contributed by atoms with van der Waals surface area (Å²) in [4.78, 5) is 69.4. The minimum absolute atomic E-state index is 0.105. The zero-order valence-electron chi connectivity index (χ0n) is 25.0. The molecular formula is C32H37N3O8. The largest absolute Gasteiger partial charge is 0.488 e. The Kier molecular flexibility index (Phi) is 8.18. The number of ether oxygens (including phenoxy) is 2. The lowest BCUT2D eigenvalue weighted by molar-refractivity contribution is -0.153. The number of rotatable bonds is 9. The Labute approximate surface area is 250 Å². The van der Waals surface area contributed by atoms with Crippen LogP contribution in [-0.4, -0.2) is 87.4 Å². The molecule has 11 heteroatoms. The molecular weight excluding hydrogens is 554 g/mol. The summed E-state index contributed by atoms with van der Waals surface area (Å²) in [6, 6.07) is 9.62. The molecule has 2 aromatic rings. The van der Waals surface area contributed by atoms with Gasteiger partial charge in [0.2, 0.25) is 5.91 Å². The highest BCUT2D eigenvalue weighted by atomic mass is 16.5. The zero-order valence-corrected chi connectivity index (χ0v) is 25.0. The summed E-state index contributed by atoms with van der Waals surface area (Å²) in [5.41, 5.74) is 2.50. The van der Waals surface area contributed by atoms with Crippen molar-refractivity contribution in [2.45, 2.75) is 71.4 Å². The molecule has 3 aliphatic rings. The maximum Gasteiger partial charge on any atom is 0.328 e. The Bertz CT molecular complexity index is 1470. The van der Waals surface area contributed by atoms with Crippen molar-refractivity contribution in [3.63, 3.8) is 0 Å². The highest BCUT2D eigenvalue weighted by Gasteiger charge is 2.47. The van der Waals surface area contributed by atoms with E-state index in [9.17, 15) is 29.1 Å². The SMILES string of the molecule is COC(=O)[C@@H]1C[C@@H](Oc2ccc3c(c2)CN([C@H](C(=O)O)C(C)C)C3=O)CN1C(=O)[C@H](C(C)C)N1Cc2ccccc2C1=O. The molecule has 1 fully saturated rings. The second-order valence-electron chi connectivity index (χ2n) is 12.1. The van der Waals surface area contributed by atoms with Gasteiger partial charge >= 0.3 is 11.9 Å². The number of carbonyl (C=O) groups excluding carboxylic acids is 4. The van der Waals surface area contributed by atoms with Crippen LogP contribution in [-0.2, 0) is 32.2 Å². The zero-order chi connectivity index (χ0) is 31.2. The first-order chi connectivity index (χ1) is 20.4. The summed E-state index contributed by atoms with van der Waals surface area (Å²) < 4.78 is 11.3. The first-order valence-corrected chi connectivity index (χ1v) is 14.5.